The van der Waals surface area contributed by atoms with Crippen LogP contribution in [0.4, 0.5) is 4.39 Å². The Balaban J connectivity index is 2.28. The van der Waals surface area contributed by atoms with E-state index in [0.717, 1.165) is 18.4 Å². The summed E-state index contributed by atoms with van der Waals surface area (Å²) in [4.78, 5) is 4.68. The van der Waals surface area contributed by atoms with E-state index in [2.05, 4.69) is 20.8 Å². The van der Waals surface area contributed by atoms with E-state index in [0.29, 0.717) is 11.1 Å². The lowest BCUT2D eigenvalue weighted by atomic mass is 9.97. The van der Waals surface area contributed by atoms with Crippen molar-refractivity contribution in [3.63, 3.8) is 0 Å². The zero-order valence-electron chi connectivity index (χ0n) is 7.59. The Morgan fingerprint density at radius 3 is 2.71 bits per heavy atom. The number of rotatable bonds is 3. The smallest absolute Gasteiger partial charge is 0.137 e. The Morgan fingerprint density at radius 2 is 2.21 bits per heavy atom. The zero-order chi connectivity index (χ0) is 10.2. The van der Waals surface area contributed by atoms with E-state index < -0.39 is 0 Å². The molecule has 0 saturated heterocycles. The highest BCUT2D eigenvalue weighted by atomic mass is 79.9. The van der Waals surface area contributed by atoms with Crippen molar-refractivity contribution in [1.82, 2.24) is 0 Å². The number of hydrogen-bond donors (Lipinski definition) is 1. The standard InChI is InChI=1S/C10H11BrFNO/c11-8-5-7(1-2-9(8)12)10(3-4-10)6-14-13/h1-2,5H,3-4,6,13H2. The fourth-order valence-corrected chi connectivity index (χ4v) is 2.03. The van der Waals surface area contributed by atoms with Gasteiger partial charge in [0.2, 0.25) is 0 Å². The first kappa shape index (κ1) is 10.1. The predicted molar refractivity (Wildman–Crippen MR) is 55.2 cm³/mol. The molecule has 0 heterocycles. The molecule has 4 heteroatoms. The maximum absolute atomic E-state index is 13.0. The molecular weight excluding hydrogens is 249 g/mol. The van der Waals surface area contributed by atoms with Gasteiger partial charge in [0.15, 0.2) is 0 Å². The summed E-state index contributed by atoms with van der Waals surface area (Å²) in [7, 11) is 0. The van der Waals surface area contributed by atoms with Gasteiger partial charge in [0, 0.05) is 5.41 Å². The lowest BCUT2D eigenvalue weighted by Gasteiger charge is -2.14. The SMILES string of the molecule is NOCC1(c2ccc(F)c(Br)c2)CC1. The van der Waals surface area contributed by atoms with Crippen molar-refractivity contribution in [3.8, 4) is 0 Å². The van der Waals surface area contributed by atoms with Crippen LogP contribution in [0.2, 0.25) is 0 Å². The van der Waals surface area contributed by atoms with Gasteiger partial charge in [-0.2, -0.15) is 0 Å². The van der Waals surface area contributed by atoms with Crippen LogP contribution in [0.5, 0.6) is 0 Å². The molecule has 1 aliphatic carbocycles. The second-order valence-electron chi connectivity index (χ2n) is 3.72. The van der Waals surface area contributed by atoms with E-state index in [9.17, 15) is 4.39 Å². The monoisotopic (exact) mass is 259 g/mol. The first-order chi connectivity index (χ1) is 6.68. The van der Waals surface area contributed by atoms with Crippen molar-refractivity contribution in [2.75, 3.05) is 6.61 Å². The minimum atomic E-state index is -0.238. The summed E-state index contributed by atoms with van der Waals surface area (Å²) < 4.78 is 13.5. The number of benzene rings is 1. The zero-order valence-corrected chi connectivity index (χ0v) is 9.18. The van der Waals surface area contributed by atoms with Gasteiger partial charge in [-0.15, -0.1) is 0 Å². The summed E-state index contributed by atoms with van der Waals surface area (Å²) in [5, 5.41) is 0. The van der Waals surface area contributed by atoms with Gasteiger partial charge in [0.05, 0.1) is 11.1 Å². The maximum Gasteiger partial charge on any atom is 0.137 e. The van der Waals surface area contributed by atoms with Crippen molar-refractivity contribution in [3.05, 3.63) is 34.1 Å². The molecule has 0 aliphatic heterocycles. The predicted octanol–water partition coefficient (Wildman–Crippen LogP) is 2.51. The Morgan fingerprint density at radius 1 is 1.50 bits per heavy atom. The third-order valence-corrected chi connectivity index (χ3v) is 3.35. The van der Waals surface area contributed by atoms with Crippen LogP contribution in [0.25, 0.3) is 0 Å². The molecule has 76 valence electrons. The van der Waals surface area contributed by atoms with E-state index >= 15 is 0 Å². The molecule has 14 heavy (non-hydrogen) atoms. The van der Waals surface area contributed by atoms with E-state index in [1.807, 2.05) is 0 Å². The normalized spacial score (nSPS) is 18.2. The highest BCUT2D eigenvalue weighted by molar-refractivity contribution is 9.10. The Kier molecular flexibility index (Phi) is 2.60. The van der Waals surface area contributed by atoms with Crippen LogP contribution in [0.1, 0.15) is 18.4 Å². The third-order valence-electron chi connectivity index (χ3n) is 2.75. The van der Waals surface area contributed by atoms with Gasteiger partial charge in [-0.25, -0.2) is 10.3 Å². The van der Waals surface area contributed by atoms with Crippen molar-refractivity contribution in [2.24, 2.45) is 5.90 Å². The lowest BCUT2D eigenvalue weighted by molar-refractivity contribution is 0.116. The highest BCUT2D eigenvalue weighted by Gasteiger charge is 2.44. The van der Waals surface area contributed by atoms with Crippen molar-refractivity contribution < 1.29 is 9.23 Å². The molecule has 2 nitrogen and oxygen atoms in total. The second-order valence-corrected chi connectivity index (χ2v) is 4.57. The molecule has 1 fully saturated rings. The topological polar surface area (TPSA) is 35.2 Å². The molecular formula is C10H11BrFNO. The van der Waals surface area contributed by atoms with Crippen LogP contribution < -0.4 is 5.90 Å². The van der Waals surface area contributed by atoms with E-state index in [1.54, 1.807) is 12.1 Å². The quantitative estimate of drug-likeness (QED) is 0.847. The summed E-state index contributed by atoms with van der Waals surface area (Å²) in [5.74, 6) is 4.84. The molecule has 0 bridgehead atoms. The Hall–Kier alpha value is -0.450. The van der Waals surface area contributed by atoms with Crippen LogP contribution in [-0.4, -0.2) is 6.61 Å². The number of nitrogens with two attached hydrogens (primary N) is 1. The third kappa shape index (κ3) is 1.69. The van der Waals surface area contributed by atoms with Crippen LogP contribution in [0.3, 0.4) is 0 Å². The van der Waals surface area contributed by atoms with Gasteiger partial charge in [-0.1, -0.05) is 6.07 Å². The average Bonchev–Trinajstić information content (AvgIpc) is 2.91. The first-order valence-corrected chi connectivity index (χ1v) is 5.24. The Labute approximate surface area is 90.3 Å². The minimum Gasteiger partial charge on any atom is -0.304 e. The summed E-state index contributed by atoms with van der Waals surface area (Å²) >= 11 is 3.17. The van der Waals surface area contributed by atoms with E-state index in [1.165, 1.54) is 6.07 Å². The fourth-order valence-electron chi connectivity index (χ4n) is 1.65. The summed E-state index contributed by atoms with van der Waals surface area (Å²) in [6, 6.07) is 5.07. The molecule has 1 aliphatic rings. The number of hydrogen-bond acceptors (Lipinski definition) is 2. The van der Waals surface area contributed by atoms with Crippen LogP contribution in [-0.2, 0) is 10.3 Å². The molecule has 0 spiro atoms. The molecule has 0 amide bonds. The molecule has 2 rings (SSSR count). The first-order valence-electron chi connectivity index (χ1n) is 4.45. The van der Waals surface area contributed by atoms with Gasteiger partial charge < -0.3 is 4.84 Å². The second kappa shape index (κ2) is 3.61. The Bertz CT molecular complexity index is 352. The van der Waals surface area contributed by atoms with Crippen molar-refractivity contribution in [1.29, 1.82) is 0 Å². The lowest BCUT2D eigenvalue weighted by Crippen LogP contribution is -2.18. The molecule has 0 unspecified atom stereocenters. The highest BCUT2D eigenvalue weighted by Crippen LogP contribution is 2.48. The molecule has 0 radical (unpaired) electrons. The fraction of sp³-hybridized carbons (Fsp3) is 0.400. The van der Waals surface area contributed by atoms with Gasteiger partial charge in [0.25, 0.3) is 0 Å². The van der Waals surface area contributed by atoms with E-state index in [4.69, 9.17) is 5.90 Å². The van der Waals surface area contributed by atoms with Gasteiger partial charge in [-0.05, 0) is 46.5 Å². The molecule has 0 atom stereocenters. The number of halogens is 2. The van der Waals surface area contributed by atoms with Gasteiger partial charge in [-0.3, -0.25) is 0 Å². The summed E-state index contributed by atoms with van der Waals surface area (Å²) in [6.45, 7) is 0.505. The van der Waals surface area contributed by atoms with Crippen LogP contribution in [0.15, 0.2) is 22.7 Å². The molecule has 2 N–H and O–H groups in total. The average molecular weight is 260 g/mol. The van der Waals surface area contributed by atoms with Gasteiger partial charge >= 0.3 is 0 Å². The maximum atomic E-state index is 13.0. The largest absolute Gasteiger partial charge is 0.304 e. The van der Waals surface area contributed by atoms with Gasteiger partial charge in [0.1, 0.15) is 5.82 Å². The van der Waals surface area contributed by atoms with E-state index in [-0.39, 0.29) is 11.2 Å². The van der Waals surface area contributed by atoms with Crippen LogP contribution >= 0.6 is 15.9 Å². The molecule has 1 aromatic rings. The summed E-state index contributed by atoms with van der Waals surface area (Å²) in [5.41, 5.74) is 1.13. The summed E-state index contributed by atoms with van der Waals surface area (Å²) in [6.07, 6.45) is 2.12. The molecule has 1 saturated carbocycles. The van der Waals surface area contributed by atoms with Crippen molar-refractivity contribution >= 4 is 15.9 Å². The van der Waals surface area contributed by atoms with Crippen molar-refractivity contribution in [2.45, 2.75) is 18.3 Å². The molecule has 0 aromatic heterocycles. The minimum absolute atomic E-state index is 0.0327. The van der Waals surface area contributed by atoms with Crippen LogP contribution in [0, 0.1) is 5.82 Å². The molecule has 1 aromatic carbocycles.